The Labute approximate surface area is 129 Å². The number of rotatable bonds is 4. The number of aliphatic carboxylic acids is 1. The number of amides is 1. The summed E-state index contributed by atoms with van der Waals surface area (Å²) in [6.45, 7) is 2.12. The summed E-state index contributed by atoms with van der Waals surface area (Å²) in [5, 5.41) is 9.35. The van der Waals surface area contributed by atoms with Crippen LogP contribution in [0.25, 0.3) is 0 Å². The van der Waals surface area contributed by atoms with Crippen molar-refractivity contribution in [2.24, 2.45) is 5.92 Å². The van der Waals surface area contributed by atoms with E-state index < -0.39 is 18.0 Å². The van der Waals surface area contributed by atoms with Crippen LogP contribution in [0.5, 0.6) is 5.75 Å². The Kier molecular flexibility index (Phi) is 4.55. The maximum absolute atomic E-state index is 12.0. The zero-order chi connectivity index (χ0) is 14.9. The van der Waals surface area contributed by atoms with Gasteiger partial charge < -0.3 is 14.7 Å². The minimum Gasteiger partial charge on any atom is -0.481 e. The molecule has 0 bridgehead atoms. The number of ether oxygens (including phenoxy) is 1. The number of hydrogen-bond acceptors (Lipinski definition) is 3. The Hall–Kier alpha value is -1.27. The van der Waals surface area contributed by atoms with Crippen molar-refractivity contribution in [2.45, 2.75) is 13.0 Å². The van der Waals surface area contributed by atoms with Gasteiger partial charge in [-0.2, -0.15) is 0 Å². The van der Waals surface area contributed by atoms with Gasteiger partial charge >= 0.3 is 5.97 Å². The summed E-state index contributed by atoms with van der Waals surface area (Å²) in [5.41, 5.74) is 0. The number of carbonyl (C=O) groups excluding carboxylic acids is 1. The van der Waals surface area contributed by atoms with Crippen molar-refractivity contribution >= 4 is 39.4 Å². The van der Waals surface area contributed by atoms with E-state index in [-0.39, 0.29) is 19.0 Å². The second-order valence-electron chi connectivity index (χ2n) is 4.61. The Bertz CT molecular complexity index is 545. The van der Waals surface area contributed by atoms with Crippen LogP contribution >= 0.6 is 27.5 Å². The molecule has 1 aromatic rings. The van der Waals surface area contributed by atoms with E-state index in [1.807, 2.05) is 0 Å². The molecule has 1 aromatic carbocycles. The summed E-state index contributed by atoms with van der Waals surface area (Å²) in [4.78, 5) is 24.2. The Balaban J connectivity index is 1.93. The molecule has 1 atom stereocenters. The van der Waals surface area contributed by atoms with Gasteiger partial charge in [-0.25, -0.2) is 0 Å². The molecule has 1 saturated heterocycles. The fourth-order valence-electron chi connectivity index (χ4n) is 1.88. The third-order valence-corrected chi connectivity index (χ3v) is 3.94. The molecule has 5 nitrogen and oxygen atoms in total. The number of carboxylic acid groups (broad SMARTS) is 1. The van der Waals surface area contributed by atoms with Crippen molar-refractivity contribution in [2.75, 3.05) is 13.1 Å². The van der Waals surface area contributed by atoms with Gasteiger partial charge in [-0.1, -0.05) is 11.6 Å². The highest BCUT2D eigenvalue weighted by atomic mass is 79.9. The van der Waals surface area contributed by atoms with E-state index >= 15 is 0 Å². The van der Waals surface area contributed by atoms with Gasteiger partial charge in [0.1, 0.15) is 5.75 Å². The van der Waals surface area contributed by atoms with E-state index in [1.54, 1.807) is 25.1 Å². The van der Waals surface area contributed by atoms with Gasteiger partial charge in [0.15, 0.2) is 6.10 Å². The van der Waals surface area contributed by atoms with Crippen LogP contribution in [0.4, 0.5) is 0 Å². The van der Waals surface area contributed by atoms with Crippen LogP contribution in [-0.2, 0) is 9.59 Å². The predicted octanol–water partition coefficient (Wildman–Crippen LogP) is 2.41. The zero-order valence-electron chi connectivity index (χ0n) is 10.7. The van der Waals surface area contributed by atoms with Gasteiger partial charge in [-0.3, -0.25) is 9.59 Å². The standard InChI is InChI=1S/C13H13BrClNO4/c1-7(12(17)16-5-8(6-16)13(18)19)20-11-3-2-9(15)4-10(11)14/h2-4,7-8H,5-6H2,1H3,(H,18,19). The summed E-state index contributed by atoms with van der Waals surface area (Å²) in [6, 6.07) is 5.02. The summed E-state index contributed by atoms with van der Waals surface area (Å²) in [5.74, 6) is -1.04. The van der Waals surface area contributed by atoms with Crippen LogP contribution in [0.1, 0.15) is 6.92 Å². The van der Waals surface area contributed by atoms with Crippen LogP contribution < -0.4 is 4.74 Å². The molecule has 1 aliphatic rings. The number of nitrogens with zero attached hydrogens (tertiary/aromatic N) is 1. The lowest BCUT2D eigenvalue weighted by Gasteiger charge is -2.38. The van der Waals surface area contributed by atoms with Crippen LogP contribution in [0.3, 0.4) is 0 Å². The average Bonchev–Trinajstić information content (AvgIpc) is 2.30. The Morgan fingerprint density at radius 1 is 1.50 bits per heavy atom. The molecule has 1 heterocycles. The van der Waals surface area contributed by atoms with Gasteiger partial charge in [0, 0.05) is 18.1 Å². The Morgan fingerprint density at radius 3 is 2.70 bits per heavy atom. The molecule has 2 rings (SSSR count). The predicted molar refractivity (Wildman–Crippen MR) is 76.9 cm³/mol. The number of carbonyl (C=O) groups is 2. The van der Waals surface area contributed by atoms with E-state index in [9.17, 15) is 9.59 Å². The average molecular weight is 363 g/mol. The number of carboxylic acids is 1. The quantitative estimate of drug-likeness (QED) is 0.893. The topological polar surface area (TPSA) is 66.8 Å². The third kappa shape index (κ3) is 3.24. The first-order valence-corrected chi connectivity index (χ1v) is 7.19. The highest BCUT2D eigenvalue weighted by molar-refractivity contribution is 9.10. The maximum atomic E-state index is 12.0. The van der Waals surface area contributed by atoms with Crippen LogP contribution in [0.15, 0.2) is 22.7 Å². The van der Waals surface area contributed by atoms with Gasteiger partial charge in [0.05, 0.1) is 10.4 Å². The van der Waals surface area contributed by atoms with Crippen molar-refractivity contribution in [3.8, 4) is 5.75 Å². The monoisotopic (exact) mass is 361 g/mol. The van der Waals surface area contributed by atoms with Crippen molar-refractivity contribution in [1.29, 1.82) is 0 Å². The molecule has 20 heavy (non-hydrogen) atoms. The molecule has 1 N–H and O–H groups in total. The smallest absolute Gasteiger partial charge is 0.310 e. The largest absolute Gasteiger partial charge is 0.481 e. The Morgan fingerprint density at radius 2 is 2.15 bits per heavy atom. The molecule has 1 fully saturated rings. The highest BCUT2D eigenvalue weighted by Crippen LogP contribution is 2.29. The second kappa shape index (κ2) is 6.01. The first-order valence-electron chi connectivity index (χ1n) is 6.01. The van der Waals surface area contributed by atoms with E-state index in [2.05, 4.69) is 15.9 Å². The van der Waals surface area contributed by atoms with E-state index in [1.165, 1.54) is 4.90 Å². The first-order chi connectivity index (χ1) is 9.38. The molecule has 0 radical (unpaired) electrons. The van der Waals surface area contributed by atoms with Gasteiger partial charge in [0.2, 0.25) is 0 Å². The van der Waals surface area contributed by atoms with Crippen molar-refractivity contribution in [1.82, 2.24) is 4.90 Å². The summed E-state index contributed by atoms with van der Waals surface area (Å²) in [6.07, 6.45) is -0.678. The SMILES string of the molecule is CC(Oc1ccc(Cl)cc1Br)C(=O)N1CC(C(=O)O)C1. The van der Waals surface area contributed by atoms with E-state index in [0.717, 1.165) is 0 Å². The van der Waals surface area contributed by atoms with Crippen molar-refractivity contribution in [3.63, 3.8) is 0 Å². The minimum atomic E-state index is -0.872. The first kappa shape index (κ1) is 15.1. The lowest BCUT2D eigenvalue weighted by atomic mass is 10.00. The van der Waals surface area contributed by atoms with Crippen molar-refractivity contribution < 1.29 is 19.4 Å². The molecule has 0 aliphatic carbocycles. The number of halogens is 2. The lowest BCUT2D eigenvalue weighted by molar-refractivity contribution is -0.155. The molecule has 1 aliphatic heterocycles. The van der Waals surface area contributed by atoms with Gasteiger partial charge in [-0.15, -0.1) is 0 Å². The van der Waals surface area contributed by atoms with Crippen molar-refractivity contribution in [3.05, 3.63) is 27.7 Å². The van der Waals surface area contributed by atoms with Gasteiger partial charge in [-0.05, 0) is 41.1 Å². The van der Waals surface area contributed by atoms with Crippen LogP contribution in [0, 0.1) is 5.92 Å². The summed E-state index contributed by atoms with van der Waals surface area (Å²) >= 11 is 9.14. The lowest BCUT2D eigenvalue weighted by Crippen LogP contribution is -2.56. The summed E-state index contributed by atoms with van der Waals surface area (Å²) < 4.78 is 6.23. The molecule has 0 spiro atoms. The molecule has 1 unspecified atom stereocenters. The molecule has 108 valence electrons. The molecule has 7 heteroatoms. The van der Waals surface area contributed by atoms with E-state index in [4.69, 9.17) is 21.4 Å². The molecule has 0 saturated carbocycles. The number of hydrogen-bond donors (Lipinski definition) is 1. The molecular weight excluding hydrogens is 350 g/mol. The second-order valence-corrected chi connectivity index (χ2v) is 5.90. The normalized spacial score (nSPS) is 16.4. The number of likely N-dealkylation sites (tertiary alicyclic amines) is 1. The van der Waals surface area contributed by atoms with Gasteiger partial charge in [0.25, 0.3) is 5.91 Å². The highest BCUT2D eigenvalue weighted by Gasteiger charge is 2.37. The molecular formula is C13H13BrClNO4. The fourth-order valence-corrected chi connectivity index (χ4v) is 2.66. The fraction of sp³-hybridized carbons (Fsp3) is 0.385. The molecule has 0 aromatic heterocycles. The minimum absolute atomic E-state index is 0.218. The van der Waals surface area contributed by atoms with Crippen LogP contribution in [0.2, 0.25) is 5.02 Å². The maximum Gasteiger partial charge on any atom is 0.310 e. The van der Waals surface area contributed by atoms with E-state index in [0.29, 0.717) is 15.2 Å². The molecule has 1 amide bonds. The van der Waals surface area contributed by atoms with Crippen LogP contribution in [-0.4, -0.2) is 41.1 Å². The zero-order valence-corrected chi connectivity index (χ0v) is 13.0. The third-order valence-electron chi connectivity index (χ3n) is 3.09. The summed E-state index contributed by atoms with van der Waals surface area (Å²) in [7, 11) is 0. The number of benzene rings is 1.